The van der Waals surface area contributed by atoms with Crippen LogP contribution >= 0.6 is 0 Å². The fourth-order valence-corrected chi connectivity index (χ4v) is 5.86. The Labute approximate surface area is 246 Å². The van der Waals surface area contributed by atoms with Gasteiger partial charge in [-0.25, -0.2) is 23.2 Å². The van der Waals surface area contributed by atoms with Crippen molar-refractivity contribution in [1.29, 1.82) is 0 Å². The van der Waals surface area contributed by atoms with E-state index in [1.165, 1.54) is 17.9 Å². The molecule has 6 rings (SSSR count). The molecule has 0 saturated heterocycles. The standard InChI is InChI=1S/C32H32F2N6O3/c1-16(2)9-26-28(30(35)41)27(23-14-37-40(31(23)38-26)17(3)19-6-7-19)20-11-21-13-36-39(29(21)22(12-20)32(42)43-4)15-18-5-8-24(33)25(34)10-18/h5,8,10-14,16-17,19H,6-7,9,15H2,1-4H3,(H2,35,41). The molecular weight excluding hydrogens is 554 g/mol. The lowest BCUT2D eigenvalue weighted by molar-refractivity contribution is 0.0602. The number of aromatic nitrogens is 5. The third-order valence-corrected chi connectivity index (χ3v) is 8.10. The second-order valence-electron chi connectivity index (χ2n) is 11.7. The van der Waals surface area contributed by atoms with Crippen LogP contribution in [0.25, 0.3) is 33.1 Å². The van der Waals surface area contributed by atoms with Crippen LogP contribution in [0.5, 0.6) is 0 Å². The topological polar surface area (TPSA) is 118 Å². The molecule has 9 nitrogen and oxygen atoms in total. The van der Waals surface area contributed by atoms with Gasteiger partial charge in [0.15, 0.2) is 17.3 Å². The molecule has 11 heteroatoms. The summed E-state index contributed by atoms with van der Waals surface area (Å²) in [4.78, 5) is 31.2. The summed E-state index contributed by atoms with van der Waals surface area (Å²) in [5.41, 5.74) is 9.75. The Morgan fingerprint density at radius 3 is 2.49 bits per heavy atom. The monoisotopic (exact) mass is 586 g/mol. The number of fused-ring (bicyclic) bond motifs is 2. The number of nitrogens with two attached hydrogens (primary N) is 1. The van der Waals surface area contributed by atoms with E-state index < -0.39 is 23.5 Å². The minimum Gasteiger partial charge on any atom is -0.465 e. The highest BCUT2D eigenvalue weighted by Crippen LogP contribution is 2.42. The molecule has 1 amide bonds. The maximum absolute atomic E-state index is 13.9. The zero-order chi connectivity index (χ0) is 30.6. The van der Waals surface area contributed by atoms with Gasteiger partial charge in [0.1, 0.15) is 0 Å². The highest BCUT2D eigenvalue weighted by atomic mass is 19.2. The molecule has 0 aliphatic heterocycles. The Hall–Kier alpha value is -4.67. The van der Waals surface area contributed by atoms with Gasteiger partial charge in [-0.15, -0.1) is 0 Å². The van der Waals surface area contributed by atoms with E-state index in [4.69, 9.17) is 20.6 Å². The van der Waals surface area contributed by atoms with Crippen molar-refractivity contribution in [1.82, 2.24) is 24.5 Å². The first-order chi connectivity index (χ1) is 20.6. The van der Waals surface area contributed by atoms with Gasteiger partial charge in [0, 0.05) is 16.3 Å². The van der Waals surface area contributed by atoms with Crippen molar-refractivity contribution in [3.05, 3.63) is 76.7 Å². The minimum atomic E-state index is -0.973. The lowest BCUT2D eigenvalue weighted by atomic mass is 9.91. The van der Waals surface area contributed by atoms with E-state index in [9.17, 15) is 18.4 Å². The first-order valence-electron chi connectivity index (χ1n) is 14.3. The van der Waals surface area contributed by atoms with Gasteiger partial charge in [0.2, 0.25) is 0 Å². The Kier molecular flexibility index (Phi) is 7.19. The number of pyridine rings is 1. The zero-order valence-electron chi connectivity index (χ0n) is 24.4. The predicted octanol–water partition coefficient (Wildman–Crippen LogP) is 5.83. The van der Waals surface area contributed by atoms with Gasteiger partial charge >= 0.3 is 5.97 Å². The zero-order valence-corrected chi connectivity index (χ0v) is 24.4. The molecule has 0 spiro atoms. The van der Waals surface area contributed by atoms with Crippen LogP contribution < -0.4 is 5.73 Å². The molecule has 1 fully saturated rings. The maximum Gasteiger partial charge on any atom is 0.340 e. The Bertz CT molecular complexity index is 1910. The van der Waals surface area contributed by atoms with E-state index in [2.05, 4.69) is 12.0 Å². The van der Waals surface area contributed by atoms with Crippen LogP contribution in [-0.4, -0.2) is 43.5 Å². The summed E-state index contributed by atoms with van der Waals surface area (Å²) in [5, 5.41) is 10.4. The van der Waals surface area contributed by atoms with Crippen LogP contribution in [0.2, 0.25) is 0 Å². The summed E-state index contributed by atoms with van der Waals surface area (Å²) < 4.78 is 36.1. The number of esters is 1. The maximum atomic E-state index is 13.9. The molecule has 1 unspecified atom stereocenters. The van der Waals surface area contributed by atoms with Gasteiger partial charge in [-0.05, 0) is 73.4 Å². The first-order valence-corrected chi connectivity index (χ1v) is 14.3. The van der Waals surface area contributed by atoms with Crippen molar-refractivity contribution in [2.24, 2.45) is 17.6 Å². The lowest BCUT2D eigenvalue weighted by Gasteiger charge is -2.18. The van der Waals surface area contributed by atoms with Gasteiger partial charge in [-0.1, -0.05) is 19.9 Å². The van der Waals surface area contributed by atoms with Crippen LogP contribution in [0.3, 0.4) is 0 Å². The van der Waals surface area contributed by atoms with E-state index in [0.717, 1.165) is 25.0 Å². The average Bonchev–Trinajstić information content (AvgIpc) is 3.62. The summed E-state index contributed by atoms with van der Waals surface area (Å²) >= 11 is 0. The molecule has 222 valence electrons. The summed E-state index contributed by atoms with van der Waals surface area (Å²) in [6, 6.07) is 7.22. The van der Waals surface area contributed by atoms with Gasteiger partial charge in [-0.3, -0.25) is 9.48 Å². The van der Waals surface area contributed by atoms with E-state index in [1.807, 2.05) is 24.6 Å². The number of amides is 1. The number of primary amides is 1. The highest BCUT2D eigenvalue weighted by Gasteiger charge is 2.32. The molecule has 1 atom stereocenters. The van der Waals surface area contributed by atoms with E-state index >= 15 is 0 Å². The van der Waals surface area contributed by atoms with Gasteiger partial charge in [-0.2, -0.15) is 10.2 Å². The Balaban J connectivity index is 1.60. The number of hydrogen-bond donors (Lipinski definition) is 1. The van der Waals surface area contributed by atoms with Crippen molar-refractivity contribution in [2.45, 2.75) is 52.6 Å². The molecular formula is C32H32F2N6O3. The molecule has 0 radical (unpaired) electrons. The fraction of sp³-hybridized carbons (Fsp3) is 0.344. The van der Waals surface area contributed by atoms with E-state index in [1.54, 1.807) is 18.5 Å². The SMILES string of the molecule is COC(=O)c1cc(-c2c(C(N)=O)c(CC(C)C)nc3c2cnn3C(C)C2CC2)cc2cnn(Cc3ccc(F)c(F)c3)c12. The first kappa shape index (κ1) is 28.4. The van der Waals surface area contributed by atoms with Crippen LogP contribution in [0.4, 0.5) is 8.78 Å². The predicted molar refractivity (Wildman–Crippen MR) is 158 cm³/mol. The van der Waals surface area contributed by atoms with Gasteiger partial charge < -0.3 is 10.5 Å². The van der Waals surface area contributed by atoms with Gasteiger partial charge in [0.25, 0.3) is 5.91 Å². The number of carbonyl (C=O) groups is 2. The molecule has 5 aromatic rings. The number of benzene rings is 2. The lowest BCUT2D eigenvalue weighted by Crippen LogP contribution is -2.19. The van der Waals surface area contributed by atoms with Crippen molar-refractivity contribution < 1.29 is 23.1 Å². The number of ether oxygens (including phenoxy) is 1. The normalized spacial score (nSPS) is 14.1. The van der Waals surface area contributed by atoms with Crippen LogP contribution in [0.1, 0.15) is 71.6 Å². The molecule has 1 aliphatic carbocycles. The van der Waals surface area contributed by atoms with Crippen molar-refractivity contribution in [3.8, 4) is 11.1 Å². The number of halogens is 2. The summed E-state index contributed by atoms with van der Waals surface area (Å²) in [7, 11) is 1.28. The third kappa shape index (κ3) is 5.13. The van der Waals surface area contributed by atoms with Crippen LogP contribution in [0, 0.1) is 23.5 Å². The summed E-state index contributed by atoms with van der Waals surface area (Å²) in [6.45, 7) is 6.30. The van der Waals surface area contributed by atoms with Crippen LogP contribution in [-0.2, 0) is 17.7 Å². The summed E-state index contributed by atoms with van der Waals surface area (Å²) in [6.07, 6.45) is 6.06. The number of nitrogens with zero attached hydrogens (tertiary/aromatic N) is 5. The minimum absolute atomic E-state index is 0.0838. The third-order valence-electron chi connectivity index (χ3n) is 8.10. The largest absolute Gasteiger partial charge is 0.465 e. The average molecular weight is 587 g/mol. The molecule has 1 saturated carbocycles. The quantitative estimate of drug-likeness (QED) is 0.217. The second kappa shape index (κ2) is 10.9. The number of methoxy groups -OCH3 is 1. The molecule has 3 heterocycles. The molecule has 43 heavy (non-hydrogen) atoms. The number of hydrogen-bond acceptors (Lipinski definition) is 6. The van der Waals surface area contributed by atoms with Crippen LogP contribution in [0.15, 0.2) is 42.7 Å². The Morgan fingerprint density at radius 1 is 1.07 bits per heavy atom. The van der Waals surface area contributed by atoms with Crippen molar-refractivity contribution in [3.63, 3.8) is 0 Å². The van der Waals surface area contributed by atoms with Crippen molar-refractivity contribution >= 4 is 33.8 Å². The molecule has 2 N–H and O–H groups in total. The molecule has 1 aliphatic rings. The van der Waals surface area contributed by atoms with E-state index in [0.29, 0.717) is 56.7 Å². The number of rotatable bonds is 9. The summed E-state index contributed by atoms with van der Waals surface area (Å²) in [5.74, 6) is -2.47. The van der Waals surface area contributed by atoms with Gasteiger partial charge in [0.05, 0.1) is 54.4 Å². The molecule has 2 aromatic carbocycles. The Morgan fingerprint density at radius 2 is 1.84 bits per heavy atom. The highest BCUT2D eigenvalue weighted by molar-refractivity contribution is 6.12. The molecule has 3 aromatic heterocycles. The van der Waals surface area contributed by atoms with E-state index in [-0.39, 0.29) is 29.6 Å². The fourth-order valence-electron chi connectivity index (χ4n) is 5.86. The molecule has 0 bridgehead atoms. The van der Waals surface area contributed by atoms with Crippen molar-refractivity contribution in [2.75, 3.05) is 7.11 Å². The number of carbonyl (C=O) groups excluding carboxylic acids is 2. The smallest absolute Gasteiger partial charge is 0.340 e. The second-order valence-corrected chi connectivity index (χ2v) is 11.7.